The maximum Gasteiger partial charge on any atom is 0.324 e. The highest BCUT2D eigenvalue weighted by Crippen LogP contribution is 2.11. The summed E-state index contributed by atoms with van der Waals surface area (Å²) in [4.78, 5) is 32.7. The predicted octanol–water partition coefficient (Wildman–Crippen LogP) is 1.18. The molecule has 0 aliphatic heterocycles. The quantitative estimate of drug-likeness (QED) is 0.495. The monoisotopic (exact) mass is 226 g/mol. The maximum atomic E-state index is 11.0. The van der Waals surface area contributed by atoms with Crippen molar-refractivity contribution in [2.75, 3.05) is 6.61 Å². The van der Waals surface area contributed by atoms with Crippen LogP contribution in [0, 0.1) is 5.92 Å². The van der Waals surface area contributed by atoms with Crippen LogP contribution in [0.2, 0.25) is 0 Å². The zero-order valence-electron chi connectivity index (χ0n) is 8.80. The van der Waals surface area contributed by atoms with Gasteiger partial charge in [0.15, 0.2) is 0 Å². The lowest BCUT2D eigenvalue weighted by Crippen LogP contribution is -2.15. The number of rotatable bonds is 4. The second kappa shape index (κ2) is 10.9. The Morgan fingerprint density at radius 3 is 1.79 bits per heavy atom. The van der Waals surface area contributed by atoms with E-state index in [1.54, 1.807) is 0 Å². The average Bonchev–Trinajstić information content (AvgIpc) is 2.06. The third-order valence-corrected chi connectivity index (χ3v) is 1.61. The van der Waals surface area contributed by atoms with Gasteiger partial charge in [0.25, 0.3) is 0 Å². The van der Waals surface area contributed by atoms with E-state index in [1.807, 2.05) is 20.8 Å². The highest BCUT2D eigenvalue weighted by Gasteiger charge is 2.13. The highest BCUT2D eigenvalue weighted by atomic mass is 31.2. The molecule has 86 valence electrons. The summed E-state index contributed by atoms with van der Waals surface area (Å²) in [6, 6.07) is 0. The van der Waals surface area contributed by atoms with Crippen LogP contribution in [0.3, 0.4) is 0 Å². The standard InChI is InChI=1S/C8H16O2.H3O3P/c1-4-7(5-2)8(9)10-6-3;1-4(2)3/h7H,4-6H2,1-3H3;1-3H. The first-order valence-corrected chi connectivity index (χ1v) is 5.72. The van der Waals surface area contributed by atoms with Crippen LogP contribution in [0.4, 0.5) is 0 Å². The molecule has 0 rings (SSSR count). The first-order chi connectivity index (χ1) is 6.49. The zero-order valence-corrected chi connectivity index (χ0v) is 9.70. The van der Waals surface area contributed by atoms with Gasteiger partial charge < -0.3 is 19.4 Å². The van der Waals surface area contributed by atoms with Crippen molar-refractivity contribution in [1.82, 2.24) is 0 Å². The van der Waals surface area contributed by atoms with E-state index < -0.39 is 8.60 Å². The second-order valence-electron chi connectivity index (χ2n) is 2.53. The van der Waals surface area contributed by atoms with Crippen LogP contribution in [0.15, 0.2) is 0 Å². The second-order valence-corrected chi connectivity index (χ2v) is 3.07. The summed E-state index contributed by atoms with van der Waals surface area (Å²) in [5.41, 5.74) is 0. The molecule has 0 radical (unpaired) electrons. The molecule has 0 saturated carbocycles. The number of carbonyl (C=O) groups excluding carboxylic acids is 1. The van der Waals surface area contributed by atoms with Gasteiger partial charge in [-0.15, -0.1) is 0 Å². The van der Waals surface area contributed by atoms with Crippen molar-refractivity contribution in [2.24, 2.45) is 5.92 Å². The van der Waals surface area contributed by atoms with Gasteiger partial charge in [0, 0.05) is 0 Å². The zero-order chi connectivity index (χ0) is 11.6. The van der Waals surface area contributed by atoms with Crippen molar-refractivity contribution in [1.29, 1.82) is 0 Å². The molecule has 0 unspecified atom stereocenters. The van der Waals surface area contributed by atoms with Crippen LogP contribution in [0.25, 0.3) is 0 Å². The molecule has 6 heteroatoms. The molecule has 0 atom stereocenters. The molecular weight excluding hydrogens is 207 g/mol. The molecule has 0 heterocycles. The molecule has 0 aromatic carbocycles. The Morgan fingerprint density at radius 2 is 1.57 bits per heavy atom. The molecule has 0 aliphatic rings. The Hall–Kier alpha value is -0.220. The minimum Gasteiger partial charge on any atom is -0.466 e. The van der Waals surface area contributed by atoms with Crippen LogP contribution in [0.5, 0.6) is 0 Å². The van der Waals surface area contributed by atoms with Crippen molar-refractivity contribution >= 4 is 14.6 Å². The molecule has 14 heavy (non-hydrogen) atoms. The fourth-order valence-electron chi connectivity index (χ4n) is 0.882. The fourth-order valence-corrected chi connectivity index (χ4v) is 0.882. The van der Waals surface area contributed by atoms with Crippen molar-refractivity contribution in [3.8, 4) is 0 Å². The van der Waals surface area contributed by atoms with E-state index >= 15 is 0 Å². The fraction of sp³-hybridized carbons (Fsp3) is 0.875. The van der Waals surface area contributed by atoms with Crippen LogP contribution in [-0.2, 0) is 9.53 Å². The largest absolute Gasteiger partial charge is 0.466 e. The van der Waals surface area contributed by atoms with Gasteiger partial charge in [0.2, 0.25) is 0 Å². The van der Waals surface area contributed by atoms with Crippen LogP contribution in [-0.4, -0.2) is 27.3 Å². The lowest BCUT2D eigenvalue weighted by molar-refractivity contribution is -0.148. The minimum atomic E-state index is -2.62. The van der Waals surface area contributed by atoms with Crippen molar-refractivity contribution in [3.05, 3.63) is 0 Å². The number of esters is 1. The first kappa shape index (κ1) is 16.2. The molecule has 0 saturated heterocycles. The normalized spacial score (nSPS) is 9.71. The summed E-state index contributed by atoms with van der Waals surface area (Å²) in [6.45, 7) is 6.34. The summed E-state index contributed by atoms with van der Waals surface area (Å²) in [5, 5.41) is 0. The molecule has 3 N–H and O–H groups in total. The van der Waals surface area contributed by atoms with Crippen LogP contribution < -0.4 is 0 Å². The summed E-state index contributed by atoms with van der Waals surface area (Å²) in [7, 11) is -2.62. The third-order valence-electron chi connectivity index (χ3n) is 1.61. The molecule has 0 aliphatic carbocycles. The van der Waals surface area contributed by atoms with Gasteiger partial charge in [-0.3, -0.25) is 4.79 Å². The SMILES string of the molecule is CCOC(=O)C(CC)CC.OP(O)O. The third kappa shape index (κ3) is 11.8. The van der Waals surface area contributed by atoms with Gasteiger partial charge in [-0.25, -0.2) is 0 Å². The van der Waals surface area contributed by atoms with E-state index in [1.165, 1.54) is 0 Å². The van der Waals surface area contributed by atoms with E-state index in [4.69, 9.17) is 19.4 Å². The van der Waals surface area contributed by atoms with E-state index in [-0.39, 0.29) is 11.9 Å². The molecule has 0 fully saturated rings. The van der Waals surface area contributed by atoms with Crippen molar-refractivity contribution in [2.45, 2.75) is 33.6 Å². The van der Waals surface area contributed by atoms with E-state index in [2.05, 4.69) is 0 Å². The smallest absolute Gasteiger partial charge is 0.324 e. The summed E-state index contributed by atoms with van der Waals surface area (Å²) >= 11 is 0. The topological polar surface area (TPSA) is 87.0 Å². The molecule has 0 bridgehead atoms. The Bertz CT molecular complexity index is 133. The number of hydrogen-bond donors (Lipinski definition) is 3. The maximum absolute atomic E-state index is 11.0. The minimum absolute atomic E-state index is 0.0486. The Kier molecular flexibility index (Phi) is 12.6. The molecule has 5 nitrogen and oxygen atoms in total. The lowest BCUT2D eigenvalue weighted by atomic mass is 10.0. The first-order valence-electron chi connectivity index (χ1n) is 4.52. The summed E-state index contributed by atoms with van der Waals surface area (Å²) < 4.78 is 4.85. The van der Waals surface area contributed by atoms with Crippen LogP contribution >= 0.6 is 8.60 Å². The van der Waals surface area contributed by atoms with Crippen LogP contribution in [0.1, 0.15) is 33.6 Å². The van der Waals surface area contributed by atoms with Gasteiger partial charge >= 0.3 is 14.6 Å². The number of carbonyl (C=O) groups is 1. The lowest BCUT2D eigenvalue weighted by Gasteiger charge is -2.09. The van der Waals surface area contributed by atoms with Crippen molar-refractivity contribution < 1.29 is 24.2 Å². The van der Waals surface area contributed by atoms with Gasteiger partial charge in [-0.2, -0.15) is 0 Å². The van der Waals surface area contributed by atoms with Gasteiger partial charge in [-0.1, -0.05) is 13.8 Å². The Morgan fingerprint density at radius 1 is 1.21 bits per heavy atom. The predicted molar refractivity (Wildman–Crippen MR) is 54.3 cm³/mol. The van der Waals surface area contributed by atoms with E-state index in [9.17, 15) is 4.79 Å². The van der Waals surface area contributed by atoms with E-state index in [0.29, 0.717) is 6.61 Å². The van der Waals surface area contributed by atoms with Gasteiger partial charge in [0.05, 0.1) is 12.5 Å². The average molecular weight is 226 g/mol. The van der Waals surface area contributed by atoms with E-state index in [0.717, 1.165) is 12.8 Å². The van der Waals surface area contributed by atoms with Crippen molar-refractivity contribution in [3.63, 3.8) is 0 Å². The molecule has 0 amide bonds. The summed E-state index contributed by atoms with van der Waals surface area (Å²) in [5.74, 6) is 0.0625. The molecule has 0 aromatic rings. The molecular formula is C8H19O5P. The van der Waals surface area contributed by atoms with Gasteiger partial charge in [-0.05, 0) is 19.8 Å². The summed E-state index contributed by atoms with van der Waals surface area (Å²) in [6.07, 6.45) is 1.77. The van der Waals surface area contributed by atoms with Gasteiger partial charge in [0.1, 0.15) is 0 Å². The molecule has 0 aromatic heterocycles. The highest BCUT2D eigenvalue weighted by molar-refractivity contribution is 7.38. The molecule has 0 spiro atoms. The Balaban J connectivity index is 0. The number of hydrogen-bond acceptors (Lipinski definition) is 5. The number of ether oxygens (including phenoxy) is 1. The Labute approximate surface area is 85.7 Å².